The molecule has 1 aliphatic rings. The maximum atomic E-state index is 13.2. The first-order chi connectivity index (χ1) is 17.6. The van der Waals surface area contributed by atoms with Crippen LogP contribution in [0.1, 0.15) is 28.8 Å². The Kier molecular flexibility index (Phi) is 7.09. The third-order valence-corrected chi connectivity index (χ3v) is 6.60. The fourth-order valence-corrected chi connectivity index (χ4v) is 4.58. The van der Waals surface area contributed by atoms with Crippen LogP contribution in [0.3, 0.4) is 0 Å². The number of rotatable bonds is 7. The quantitative estimate of drug-likeness (QED) is 0.397. The summed E-state index contributed by atoms with van der Waals surface area (Å²) in [5.41, 5.74) is 4.64. The zero-order valence-corrected chi connectivity index (χ0v) is 20.2. The lowest BCUT2D eigenvalue weighted by Gasteiger charge is -2.32. The molecule has 1 aliphatic heterocycles. The number of hydrogen-bond acceptors (Lipinski definition) is 4. The molecule has 3 aromatic carbocycles. The van der Waals surface area contributed by atoms with Gasteiger partial charge in [0.1, 0.15) is 11.6 Å². The van der Waals surface area contributed by atoms with E-state index >= 15 is 0 Å². The topological polar surface area (TPSA) is 59.4 Å². The number of hydrogen-bond donors (Lipinski definition) is 1. The molecule has 0 saturated carbocycles. The van der Waals surface area contributed by atoms with E-state index in [0.717, 1.165) is 60.7 Å². The average Bonchev–Trinajstić information content (AvgIpc) is 3.34. The molecule has 1 N–H and O–H groups in total. The summed E-state index contributed by atoms with van der Waals surface area (Å²) >= 11 is 0. The Bertz CT molecular complexity index is 1300. The highest BCUT2D eigenvalue weighted by Crippen LogP contribution is 2.27. The number of benzene rings is 3. The molecule has 0 unspecified atom stereocenters. The van der Waals surface area contributed by atoms with Gasteiger partial charge in [0.25, 0.3) is 5.91 Å². The predicted octanol–water partition coefficient (Wildman–Crippen LogP) is 5.08. The summed E-state index contributed by atoms with van der Waals surface area (Å²) in [5.74, 6) is 0.316. The molecular formula is C29H29FN4O2. The van der Waals surface area contributed by atoms with Crippen LogP contribution in [0.15, 0.2) is 85.1 Å². The molecule has 1 amide bonds. The predicted molar refractivity (Wildman–Crippen MR) is 138 cm³/mol. The van der Waals surface area contributed by atoms with E-state index in [-0.39, 0.29) is 17.8 Å². The summed E-state index contributed by atoms with van der Waals surface area (Å²) in [5, 5.41) is 8.03. The Labute approximate surface area is 210 Å². The number of amides is 1. The summed E-state index contributed by atoms with van der Waals surface area (Å²) in [6.45, 7) is 2.51. The molecule has 0 radical (unpaired) electrons. The molecule has 2 heterocycles. The fourth-order valence-electron chi connectivity index (χ4n) is 4.58. The number of piperidine rings is 1. The second kappa shape index (κ2) is 10.7. The van der Waals surface area contributed by atoms with Gasteiger partial charge in [0.05, 0.1) is 18.5 Å². The molecule has 4 aromatic rings. The summed E-state index contributed by atoms with van der Waals surface area (Å²) < 4.78 is 20.4. The third-order valence-electron chi connectivity index (χ3n) is 6.60. The molecule has 184 valence electrons. The summed E-state index contributed by atoms with van der Waals surface area (Å²) in [6, 6.07) is 23.9. The highest BCUT2D eigenvalue weighted by atomic mass is 19.1. The van der Waals surface area contributed by atoms with E-state index in [4.69, 9.17) is 9.84 Å². The summed E-state index contributed by atoms with van der Waals surface area (Å²) in [4.78, 5) is 14.9. The minimum absolute atomic E-state index is 0.104. The molecule has 1 fully saturated rings. The molecule has 0 atom stereocenters. The number of likely N-dealkylation sites (tertiary alicyclic amines) is 1. The van der Waals surface area contributed by atoms with Gasteiger partial charge in [-0.3, -0.25) is 9.69 Å². The monoisotopic (exact) mass is 484 g/mol. The van der Waals surface area contributed by atoms with Crippen molar-refractivity contribution in [2.24, 2.45) is 0 Å². The molecule has 1 saturated heterocycles. The first kappa shape index (κ1) is 23.8. The van der Waals surface area contributed by atoms with Crippen molar-refractivity contribution in [3.05, 3.63) is 102 Å². The molecule has 5 rings (SSSR count). The van der Waals surface area contributed by atoms with Crippen LogP contribution in [-0.2, 0) is 6.54 Å². The van der Waals surface area contributed by atoms with Gasteiger partial charge in [0, 0.05) is 48.6 Å². The largest absolute Gasteiger partial charge is 0.497 e. The van der Waals surface area contributed by atoms with Crippen LogP contribution in [0, 0.1) is 5.82 Å². The number of carbonyl (C=O) groups is 1. The van der Waals surface area contributed by atoms with Crippen molar-refractivity contribution >= 4 is 5.91 Å². The first-order valence-electron chi connectivity index (χ1n) is 12.2. The highest BCUT2D eigenvalue weighted by Gasteiger charge is 2.23. The van der Waals surface area contributed by atoms with Gasteiger partial charge in [-0.05, 0) is 73.5 Å². The van der Waals surface area contributed by atoms with Gasteiger partial charge < -0.3 is 10.1 Å². The maximum absolute atomic E-state index is 13.2. The minimum atomic E-state index is -0.343. The van der Waals surface area contributed by atoms with Crippen LogP contribution < -0.4 is 10.1 Å². The fraction of sp³-hybridized carbons (Fsp3) is 0.241. The molecular weight excluding hydrogens is 455 g/mol. The molecule has 1 aromatic heterocycles. The van der Waals surface area contributed by atoms with Crippen molar-refractivity contribution < 1.29 is 13.9 Å². The Morgan fingerprint density at radius 1 is 1.00 bits per heavy atom. The Morgan fingerprint density at radius 2 is 1.69 bits per heavy atom. The van der Waals surface area contributed by atoms with Crippen molar-refractivity contribution in [3.63, 3.8) is 0 Å². The van der Waals surface area contributed by atoms with Gasteiger partial charge in [0.2, 0.25) is 0 Å². The van der Waals surface area contributed by atoms with Crippen LogP contribution in [0.5, 0.6) is 5.75 Å². The Morgan fingerprint density at radius 3 is 2.36 bits per heavy atom. The zero-order valence-electron chi connectivity index (χ0n) is 20.2. The lowest BCUT2D eigenvalue weighted by molar-refractivity contribution is 0.0909. The normalized spacial score (nSPS) is 14.5. The van der Waals surface area contributed by atoms with E-state index < -0.39 is 0 Å². The number of carbonyl (C=O) groups excluding carboxylic acids is 1. The summed E-state index contributed by atoms with van der Waals surface area (Å²) in [7, 11) is 1.66. The van der Waals surface area contributed by atoms with Crippen LogP contribution in [-0.4, -0.2) is 46.8 Å². The smallest absolute Gasteiger partial charge is 0.251 e. The van der Waals surface area contributed by atoms with Crippen molar-refractivity contribution in [2.75, 3.05) is 20.2 Å². The van der Waals surface area contributed by atoms with Crippen molar-refractivity contribution in [2.45, 2.75) is 25.4 Å². The minimum Gasteiger partial charge on any atom is -0.497 e. The van der Waals surface area contributed by atoms with E-state index in [0.29, 0.717) is 5.56 Å². The zero-order chi connectivity index (χ0) is 24.9. The van der Waals surface area contributed by atoms with Crippen LogP contribution in [0.2, 0.25) is 0 Å². The first-order valence-corrected chi connectivity index (χ1v) is 12.2. The lowest BCUT2D eigenvalue weighted by atomic mass is 10.0. The number of methoxy groups -OCH3 is 1. The number of para-hydroxylation sites is 1. The number of ether oxygens (including phenoxy) is 1. The lowest BCUT2D eigenvalue weighted by Crippen LogP contribution is -2.44. The maximum Gasteiger partial charge on any atom is 0.251 e. The van der Waals surface area contributed by atoms with Gasteiger partial charge in [-0.15, -0.1) is 0 Å². The Hall–Kier alpha value is -3.97. The second-order valence-electron chi connectivity index (χ2n) is 9.04. The molecule has 0 bridgehead atoms. The van der Waals surface area contributed by atoms with Gasteiger partial charge >= 0.3 is 0 Å². The number of halogens is 1. The molecule has 6 nitrogen and oxygen atoms in total. The van der Waals surface area contributed by atoms with E-state index in [9.17, 15) is 9.18 Å². The van der Waals surface area contributed by atoms with Crippen molar-refractivity contribution in [1.29, 1.82) is 0 Å². The summed E-state index contributed by atoms with van der Waals surface area (Å²) in [6.07, 6.45) is 3.83. The number of aromatic nitrogens is 2. The van der Waals surface area contributed by atoms with Crippen molar-refractivity contribution in [1.82, 2.24) is 20.0 Å². The molecule has 7 heteroatoms. The molecule has 36 heavy (non-hydrogen) atoms. The third kappa shape index (κ3) is 5.47. The second-order valence-corrected chi connectivity index (χ2v) is 9.04. The van der Waals surface area contributed by atoms with Crippen LogP contribution >= 0.6 is 0 Å². The SMILES string of the molecule is COc1ccc(-c2nn(-c3ccccc3)cc2CN2CCC(NC(=O)c3ccc(F)cc3)CC2)cc1. The van der Waals surface area contributed by atoms with E-state index in [2.05, 4.69) is 16.4 Å². The van der Waals surface area contributed by atoms with Crippen LogP contribution in [0.25, 0.3) is 16.9 Å². The van der Waals surface area contributed by atoms with E-state index in [1.54, 1.807) is 7.11 Å². The highest BCUT2D eigenvalue weighted by molar-refractivity contribution is 5.94. The average molecular weight is 485 g/mol. The van der Waals surface area contributed by atoms with E-state index in [1.165, 1.54) is 24.3 Å². The van der Waals surface area contributed by atoms with Gasteiger partial charge in [-0.25, -0.2) is 9.07 Å². The number of nitrogens with one attached hydrogen (secondary N) is 1. The van der Waals surface area contributed by atoms with Crippen LogP contribution in [0.4, 0.5) is 4.39 Å². The van der Waals surface area contributed by atoms with Gasteiger partial charge in [-0.1, -0.05) is 18.2 Å². The van der Waals surface area contributed by atoms with Crippen molar-refractivity contribution in [3.8, 4) is 22.7 Å². The van der Waals surface area contributed by atoms with E-state index in [1.807, 2.05) is 59.3 Å². The molecule has 0 aliphatic carbocycles. The van der Waals surface area contributed by atoms with Gasteiger partial charge in [-0.2, -0.15) is 5.10 Å². The standard InChI is InChI=1S/C29H29FN4O2/c1-36-27-13-9-21(10-14-27)28-23(20-34(32-28)26-5-3-2-4-6-26)19-33-17-15-25(16-18-33)31-29(35)22-7-11-24(30)12-8-22/h2-14,20,25H,15-19H2,1H3,(H,31,35). The van der Waals surface area contributed by atoms with Gasteiger partial charge in [0.15, 0.2) is 0 Å². The number of nitrogens with zero attached hydrogens (tertiary/aromatic N) is 3. The molecule has 0 spiro atoms. The Balaban J connectivity index is 1.28.